The molecule has 0 atom stereocenters. The van der Waals surface area contributed by atoms with Crippen LogP contribution < -0.4 is 11.1 Å². The summed E-state index contributed by atoms with van der Waals surface area (Å²) in [5, 5.41) is 7.80. The normalized spacial score (nSPS) is 13.9. The Bertz CT molecular complexity index is 1010. The van der Waals surface area contributed by atoms with Crippen molar-refractivity contribution in [1.82, 2.24) is 14.7 Å². The fraction of sp³-hybridized carbons (Fsp3) is 0.250. The highest BCUT2D eigenvalue weighted by Crippen LogP contribution is 2.34. The van der Waals surface area contributed by atoms with Gasteiger partial charge in [0.25, 0.3) is 0 Å². The van der Waals surface area contributed by atoms with Gasteiger partial charge < -0.3 is 16.0 Å². The standard InChI is InChI=1S/C24H27N5O/c1-2-17-28(19-13-9-10-14-19)24(30)26-22-21(18-11-5-3-6-12-18)27-29(23(22)25)20-15-7-4-8-16-20/h2-8,11-12,15-16,19H,1,9-10,13-14,17,25H2,(H,26,30). The molecule has 0 aliphatic heterocycles. The Kier molecular flexibility index (Phi) is 5.84. The topological polar surface area (TPSA) is 76.2 Å². The zero-order valence-corrected chi connectivity index (χ0v) is 17.0. The van der Waals surface area contributed by atoms with E-state index in [0.717, 1.165) is 36.9 Å². The quantitative estimate of drug-likeness (QED) is 0.565. The number of anilines is 2. The van der Waals surface area contributed by atoms with Gasteiger partial charge >= 0.3 is 6.03 Å². The molecule has 154 valence electrons. The van der Waals surface area contributed by atoms with Crippen molar-refractivity contribution in [3.63, 3.8) is 0 Å². The first kappa shape index (κ1) is 19.8. The maximum atomic E-state index is 13.2. The number of nitrogens with one attached hydrogen (secondary N) is 1. The maximum Gasteiger partial charge on any atom is 0.322 e. The lowest BCUT2D eigenvalue weighted by Crippen LogP contribution is -2.41. The number of nitrogen functional groups attached to an aromatic ring is 1. The van der Waals surface area contributed by atoms with Gasteiger partial charge in [-0.15, -0.1) is 6.58 Å². The number of nitrogens with zero attached hydrogens (tertiary/aromatic N) is 3. The van der Waals surface area contributed by atoms with E-state index < -0.39 is 0 Å². The van der Waals surface area contributed by atoms with E-state index in [1.54, 1.807) is 10.8 Å². The van der Waals surface area contributed by atoms with Gasteiger partial charge in [0.15, 0.2) is 5.82 Å². The summed E-state index contributed by atoms with van der Waals surface area (Å²) in [6, 6.07) is 19.5. The largest absolute Gasteiger partial charge is 0.382 e. The Labute approximate surface area is 177 Å². The van der Waals surface area contributed by atoms with Crippen LogP contribution in [0.5, 0.6) is 0 Å². The van der Waals surface area contributed by atoms with E-state index in [1.165, 1.54) is 0 Å². The monoisotopic (exact) mass is 401 g/mol. The van der Waals surface area contributed by atoms with Crippen molar-refractivity contribution in [2.75, 3.05) is 17.6 Å². The van der Waals surface area contributed by atoms with Gasteiger partial charge in [0.2, 0.25) is 0 Å². The lowest BCUT2D eigenvalue weighted by Gasteiger charge is -2.28. The minimum Gasteiger partial charge on any atom is -0.382 e. The van der Waals surface area contributed by atoms with Gasteiger partial charge in [-0.25, -0.2) is 9.48 Å². The molecule has 6 heteroatoms. The molecular formula is C24H27N5O. The molecule has 30 heavy (non-hydrogen) atoms. The number of para-hydroxylation sites is 1. The van der Waals surface area contributed by atoms with Gasteiger partial charge in [-0.1, -0.05) is 67.4 Å². The van der Waals surface area contributed by atoms with Crippen LogP contribution >= 0.6 is 0 Å². The highest BCUT2D eigenvalue weighted by atomic mass is 16.2. The molecule has 0 saturated heterocycles. The SMILES string of the molecule is C=CCN(C(=O)Nc1c(-c2ccccc2)nn(-c2ccccc2)c1N)C1CCCC1. The van der Waals surface area contributed by atoms with Crippen LogP contribution in [-0.4, -0.2) is 33.3 Å². The van der Waals surface area contributed by atoms with E-state index in [4.69, 9.17) is 10.8 Å². The van der Waals surface area contributed by atoms with Gasteiger partial charge in [-0.2, -0.15) is 5.10 Å². The molecule has 3 aromatic rings. The van der Waals surface area contributed by atoms with Crippen LogP contribution in [0.15, 0.2) is 73.3 Å². The summed E-state index contributed by atoms with van der Waals surface area (Å²) in [5.41, 5.74) is 9.41. The van der Waals surface area contributed by atoms with E-state index in [1.807, 2.05) is 65.6 Å². The lowest BCUT2D eigenvalue weighted by molar-refractivity contribution is 0.196. The Morgan fingerprint density at radius 3 is 2.40 bits per heavy atom. The van der Waals surface area contributed by atoms with E-state index >= 15 is 0 Å². The number of carbonyl (C=O) groups is 1. The second kappa shape index (κ2) is 8.86. The summed E-state index contributed by atoms with van der Waals surface area (Å²) in [6.45, 7) is 4.33. The Hall–Kier alpha value is -3.54. The number of aromatic nitrogens is 2. The van der Waals surface area contributed by atoms with Gasteiger partial charge in [0.1, 0.15) is 11.4 Å². The van der Waals surface area contributed by atoms with Crippen molar-refractivity contribution < 1.29 is 4.79 Å². The Morgan fingerprint density at radius 1 is 1.13 bits per heavy atom. The molecule has 2 amide bonds. The number of carbonyl (C=O) groups excluding carboxylic acids is 1. The first-order valence-electron chi connectivity index (χ1n) is 10.4. The molecule has 4 rings (SSSR count). The molecule has 0 unspecified atom stereocenters. The Balaban J connectivity index is 1.73. The maximum absolute atomic E-state index is 13.2. The number of nitrogens with two attached hydrogens (primary N) is 1. The summed E-state index contributed by atoms with van der Waals surface area (Å²) < 4.78 is 1.67. The average molecular weight is 402 g/mol. The van der Waals surface area contributed by atoms with E-state index in [2.05, 4.69) is 11.9 Å². The van der Waals surface area contributed by atoms with Gasteiger partial charge in [-0.05, 0) is 25.0 Å². The molecular weight excluding hydrogens is 374 g/mol. The summed E-state index contributed by atoms with van der Waals surface area (Å²) in [7, 11) is 0. The van der Waals surface area contributed by atoms with E-state index in [9.17, 15) is 4.79 Å². The number of hydrogen-bond donors (Lipinski definition) is 2. The molecule has 3 N–H and O–H groups in total. The number of hydrogen-bond acceptors (Lipinski definition) is 3. The highest BCUT2D eigenvalue weighted by molar-refractivity contribution is 5.98. The Morgan fingerprint density at radius 2 is 1.77 bits per heavy atom. The molecule has 0 bridgehead atoms. The third-order valence-corrected chi connectivity index (χ3v) is 5.55. The summed E-state index contributed by atoms with van der Waals surface area (Å²) in [5.74, 6) is 0.401. The molecule has 0 spiro atoms. The van der Waals surface area contributed by atoms with Crippen molar-refractivity contribution in [2.24, 2.45) is 0 Å². The fourth-order valence-corrected chi connectivity index (χ4v) is 4.05. The average Bonchev–Trinajstić information content (AvgIpc) is 3.42. The van der Waals surface area contributed by atoms with Crippen LogP contribution in [0.2, 0.25) is 0 Å². The minimum absolute atomic E-state index is 0.168. The highest BCUT2D eigenvalue weighted by Gasteiger charge is 2.28. The third kappa shape index (κ3) is 3.94. The predicted octanol–water partition coefficient (Wildman–Crippen LogP) is 5.08. The molecule has 1 aromatic heterocycles. The van der Waals surface area contributed by atoms with Crippen molar-refractivity contribution in [3.8, 4) is 16.9 Å². The lowest BCUT2D eigenvalue weighted by atomic mass is 10.1. The first-order valence-corrected chi connectivity index (χ1v) is 10.4. The molecule has 0 radical (unpaired) electrons. The molecule has 6 nitrogen and oxygen atoms in total. The molecule has 2 aromatic carbocycles. The fourth-order valence-electron chi connectivity index (χ4n) is 4.05. The molecule has 1 heterocycles. The third-order valence-electron chi connectivity index (χ3n) is 5.55. The number of benzene rings is 2. The van der Waals surface area contributed by atoms with Gasteiger partial charge in [0, 0.05) is 18.2 Å². The number of urea groups is 1. The van der Waals surface area contributed by atoms with Crippen LogP contribution in [-0.2, 0) is 0 Å². The zero-order chi connectivity index (χ0) is 20.9. The summed E-state index contributed by atoms with van der Waals surface area (Å²) in [4.78, 5) is 15.1. The predicted molar refractivity (Wildman–Crippen MR) is 122 cm³/mol. The molecule has 1 aliphatic rings. The second-order valence-corrected chi connectivity index (χ2v) is 7.53. The summed E-state index contributed by atoms with van der Waals surface area (Å²) in [6.07, 6.45) is 6.10. The summed E-state index contributed by atoms with van der Waals surface area (Å²) >= 11 is 0. The smallest absolute Gasteiger partial charge is 0.322 e. The van der Waals surface area contributed by atoms with Crippen molar-refractivity contribution in [3.05, 3.63) is 73.3 Å². The van der Waals surface area contributed by atoms with Gasteiger partial charge in [0.05, 0.1) is 5.69 Å². The number of rotatable bonds is 6. The number of amides is 2. The van der Waals surface area contributed by atoms with E-state index in [-0.39, 0.29) is 12.1 Å². The van der Waals surface area contributed by atoms with Crippen LogP contribution in [0, 0.1) is 0 Å². The van der Waals surface area contributed by atoms with Crippen LogP contribution in [0.25, 0.3) is 16.9 Å². The molecule has 1 aliphatic carbocycles. The molecule has 1 saturated carbocycles. The van der Waals surface area contributed by atoms with Crippen LogP contribution in [0.1, 0.15) is 25.7 Å². The van der Waals surface area contributed by atoms with Crippen molar-refractivity contribution in [2.45, 2.75) is 31.7 Å². The van der Waals surface area contributed by atoms with Crippen molar-refractivity contribution in [1.29, 1.82) is 0 Å². The minimum atomic E-state index is -0.168. The van der Waals surface area contributed by atoms with Crippen molar-refractivity contribution >= 4 is 17.5 Å². The van der Waals surface area contributed by atoms with Crippen LogP contribution in [0.4, 0.5) is 16.3 Å². The van der Waals surface area contributed by atoms with Gasteiger partial charge in [-0.3, -0.25) is 0 Å². The first-order chi connectivity index (χ1) is 14.7. The second-order valence-electron chi connectivity index (χ2n) is 7.53. The zero-order valence-electron chi connectivity index (χ0n) is 17.0. The molecule has 1 fully saturated rings. The van der Waals surface area contributed by atoms with E-state index in [0.29, 0.717) is 23.7 Å². The van der Waals surface area contributed by atoms with Crippen LogP contribution in [0.3, 0.4) is 0 Å².